The largest absolute Gasteiger partial charge is 0.462 e. The molecule has 5 heteroatoms. The number of ether oxygens (including phenoxy) is 2. The molecular weight excluding hydrogens is 309 g/mol. The summed E-state index contributed by atoms with van der Waals surface area (Å²) in [7, 11) is 3.88. The monoisotopic (exact) mass is 329 g/mol. The molecule has 4 nitrogen and oxygen atoms in total. The molecule has 2 aromatic rings. The van der Waals surface area contributed by atoms with Crippen molar-refractivity contribution in [2.75, 3.05) is 25.6 Å². The number of halogens is 1. The lowest BCUT2D eigenvalue weighted by atomic mass is 10.1. The van der Waals surface area contributed by atoms with Crippen LogP contribution >= 0.6 is 0 Å². The van der Waals surface area contributed by atoms with Gasteiger partial charge in [0.1, 0.15) is 12.0 Å². The summed E-state index contributed by atoms with van der Waals surface area (Å²) in [6.07, 6.45) is 1.05. The van der Waals surface area contributed by atoms with Gasteiger partial charge in [0.2, 0.25) is 0 Å². The first-order chi connectivity index (χ1) is 11.5. The van der Waals surface area contributed by atoms with Crippen LogP contribution in [0.1, 0.15) is 22.8 Å². The van der Waals surface area contributed by atoms with E-state index in [1.807, 2.05) is 31.1 Å². The predicted molar refractivity (Wildman–Crippen MR) is 92.9 cm³/mol. The standard InChI is InChI=1S/C19H20FNO3/c1-4-23-19(22)15-7-5-14(6-8-15)18(20)13-24-17-11-9-16(10-12-17)21(2)3/h5-13H,4H2,1-3H3/b18-13-. The lowest BCUT2D eigenvalue weighted by molar-refractivity contribution is 0.0526. The smallest absolute Gasteiger partial charge is 0.338 e. The van der Waals surface area contributed by atoms with Gasteiger partial charge in [-0.3, -0.25) is 0 Å². The molecule has 2 rings (SSSR count). The number of carbonyl (C=O) groups is 1. The van der Waals surface area contributed by atoms with E-state index < -0.39 is 11.8 Å². The minimum Gasteiger partial charge on any atom is -0.462 e. The van der Waals surface area contributed by atoms with Crippen molar-refractivity contribution in [3.05, 3.63) is 65.9 Å². The summed E-state index contributed by atoms with van der Waals surface area (Å²) in [5.41, 5.74) is 1.74. The maximum Gasteiger partial charge on any atom is 0.338 e. The Morgan fingerprint density at radius 1 is 1.04 bits per heavy atom. The van der Waals surface area contributed by atoms with E-state index in [9.17, 15) is 9.18 Å². The lowest BCUT2D eigenvalue weighted by Crippen LogP contribution is -2.07. The SMILES string of the molecule is CCOC(=O)c1ccc(/C(F)=C/Oc2ccc(N(C)C)cc2)cc1. The predicted octanol–water partition coefficient (Wildman–Crippen LogP) is 4.28. The van der Waals surface area contributed by atoms with Crippen LogP contribution < -0.4 is 9.64 Å². The summed E-state index contributed by atoms with van der Waals surface area (Å²) < 4.78 is 24.3. The van der Waals surface area contributed by atoms with Gasteiger partial charge in [-0.05, 0) is 43.3 Å². The summed E-state index contributed by atoms with van der Waals surface area (Å²) in [6, 6.07) is 13.4. The summed E-state index contributed by atoms with van der Waals surface area (Å²) in [6.45, 7) is 2.03. The van der Waals surface area contributed by atoms with Crippen molar-refractivity contribution in [1.29, 1.82) is 0 Å². The molecule has 0 heterocycles. The van der Waals surface area contributed by atoms with E-state index in [1.54, 1.807) is 19.1 Å². The van der Waals surface area contributed by atoms with E-state index >= 15 is 0 Å². The Morgan fingerprint density at radius 3 is 2.17 bits per heavy atom. The Morgan fingerprint density at radius 2 is 1.62 bits per heavy atom. The number of rotatable bonds is 6. The molecule has 0 bridgehead atoms. The van der Waals surface area contributed by atoms with Crippen molar-refractivity contribution in [3.8, 4) is 5.75 Å². The van der Waals surface area contributed by atoms with E-state index in [0.29, 0.717) is 23.5 Å². The quantitative estimate of drug-likeness (QED) is 0.586. The summed E-state index contributed by atoms with van der Waals surface area (Å²) in [5.74, 6) is -0.411. The first-order valence-electron chi connectivity index (χ1n) is 7.58. The van der Waals surface area contributed by atoms with Gasteiger partial charge in [0, 0.05) is 25.3 Å². The first kappa shape index (κ1) is 17.5. The van der Waals surface area contributed by atoms with Crippen LogP contribution in [0.4, 0.5) is 10.1 Å². The van der Waals surface area contributed by atoms with Crippen molar-refractivity contribution < 1.29 is 18.7 Å². The number of benzene rings is 2. The Kier molecular flexibility index (Phi) is 5.95. The van der Waals surface area contributed by atoms with Gasteiger partial charge in [-0.1, -0.05) is 12.1 Å². The summed E-state index contributed by atoms with van der Waals surface area (Å²) in [5, 5.41) is 0. The van der Waals surface area contributed by atoms with E-state index in [-0.39, 0.29) is 0 Å². The van der Waals surface area contributed by atoms with Gasteiger partial charge in [0.15, 0.2) is 5.83 Å². The zero-order valence-corrected chi connectivity index (χ0v) is 14.0. The number of esters is 1. The van der Waals surface area contributed by atoms with Crippen molar-refractivity contribution in [2.45, 2.75) is 6.92 Å². The number of hydrogen-bond donors (Lipinski definition) is 0. The first-order valence-corrected chi connectivity index (χ1v) is 7.58. The molecule has 0 saturated heterocycles. The third-order valence-corrected chi connectivity index (χ3v) is 3.32. The van der Waals surface area contributed by atoms with E-state index in [2.05, 4.69) is 0 Å². The van der Waals surface area contributed by atoms with Crippen LogP contribution in [0.25, 0.3) is 5.83 Å². The molecule has 24 heavy (non-hydrogen) atoms. The van der Waals surface area contributed by atoms with Crippen LogP contribution in [-0.2, 0) is 4.74 Å². The van der Waals surface area contributed by atoms with Gasteiger partial charge in [-0.2, -0.15) is 0 Å². The van der Waals surface area contributed by atoms with Gasteiger partial charge in [-0.25, -0.2) is 9.18 Å². The number of hydrogen-bond acceptors (Lipinski definition) is 4. The fourth-order valence-corrected chi connectivity index (χ4v) is 1.99. The van der Waals surface area contributed by atoms with Gasteiger partial charge < -0.3 is 14.4 Å². The van der Waals surface area contributed by atoms with Crippen molar-refractivity contribution >= 4 is 17.5 Å². The van der Waals surface area contributed by atoms with Crippen molar-refractivity contribution in [2.24, 2.45) is 0 Å². The molecule has 0 fully saturated rings. The van der Waals surface area contributed by atoms with Gasteiger partial charge in [0.05, 0.1) is 12.2 Å². The average molecular weight is 329 g/mol. The van der Waals surface area contributed by atoms with E-state index in [1.165, 1.54) is 24.3 Å². The topological polar surface area (TPSA) is 38.8 Å². The third kappa shape index (κ3) is 4.59. The average Bonchev–Trinajstić information content (AvgIpc) is 2.60. The third-order valence-electron chi connectivity index (χ3n) is 3.32. The highest BCUT2D eigenvalue weighted by Gasteiger charge is 2.07. The Labute approximate surface area is 141 Å². The second-order valence-corrected chi connectivity index (χ2v) is 5.27. The molecule has 0 aliphatic rings. The van der Waals surface area contributed by atoms with Crippen LogP contribution in [0.2, 0.25) is 0 Å². The molecule has 0 N–H and O–H groups in total. The molecule has 0 aliphatic heterocycles. The second kappa shape index (κ2) is 8.15. The maximum atomic E-state index is 14.1. The van der Waals surface area contributed by atoms with E-state index in [4.69, 9.17) is 9.47 Å². The van der Waals surface area contributed by atoms with Gasteiger partial charge >= 0.3 is 5.97 Å². The van der Waals surface area contributed by atoms with Crippen LogP contribution in [0.3, 0.4) is 0 Å². The lowest BCUT2D eigenvalue weighted by Gasteiger charge is -2.12. The minimum atomic E-state index is -0.526. The molecule has 0 aromatic heterocycles. The molecule has 0 saturated carbocycles. The molecule has 0 spiro atoms. The highest BCUT2D eigenvalue weighted by Crippen LogP contribution is 2.21. The summed E-state index contributed by atoms with van der Waals surface area (Å²) >= 11 is 0. The maximum absolute atomic E-state index is 14.1. The van der Waals surface area contributed by atoms with Crippen LogP contribution in [-0.4, -0.2) is 26.7 Å². The summed E-state index contributed by atoms with van der Waals surface area (Å²) in [4.78, 5) is 13.5. The van der Waals surface area contributed by atoms with Crippen LogP contribution in [0.5, 0.6) is 5.75 Å². The number of nitrogens with zero attached hydrogens (tertiary/aromatic N) is 1. The molecular formula is C19H20FNO3. The zero-order chi connectivity index (χ0) is 17.5. The second-order valence-electron chi connectivity index (χ2n) is 5.27. The van der Waals surface area contributed by atoms with E-state index in [0.717, 1.165) is 11.9 Å². The van der Waals surface area contributed by atoms with Crippen molar-refractivity contribution in [3.63, 3.8) is 0 Å². The van der Waals surface area contributed by atoms with Gasteiger partial charge in [-0.15, -0.1) is 0 Å². The van der Waals surface area contributed by atoms with Crippen LogP contribution in [0.15, 0.2) is 54.8 Å². The minimum absolute atomic E-state index is 0.301. The molecule has 0 unspecified atom stereocenters. The molecule has 0 atom stereocenters. The highest BCUT2D eigenvalue weighted by atomic mass is 19.1. The Balaban J connectivity index is 2.03. The van der Waals surface area contributed by atoms with Crippen LogP contribution in [0, 0.1) is 0 Å². The number of carbonyl (C=O) groups excluding carboxylic acids is 1. The molecule has 0 radical (unpaired) electrons. The fourth-order valence-electron chi connectivity index (χ4n) is 1.99. The molecule has 0 aliphatic carbocycles. The van der Waals surface area contributed by atoms with Gasteiger partial charge in [0.25, 0.3) is 0 Å². The van der Waals surface area contributed by atoms with Crippen molar-refractivity contribution in [1.82, 2.24) is 0 Å². The Bertz CT molecular complexity index is 706. The molecule has 126 valence electrons. The fraction of sp³-hybridized carbons (Fsp3) is 0.211. The normalized spacial score (nSPS) is 11.1. The highest BCUT2D eigenvalue weighted by molar-refractivity contribution is 5.89. The molecule has 2 aromatic carbocycles. The molecule has 0 amide bonds. The Hall–Kier alpha value is -2.82. The number of anilines is 1. The zero-order valence-electron chi connectivity index (χ0n) is 14.0.